The molecule has 0 fully saturated rings. The molecule has 7 heteroatoms. The fraction of sp³-hybridized carbons (Fsp3) is 0.500. The van der Waals surface area contributed by atoms with Crippen LogP contribution >= 0.6 is 0 Å². The maximum absolute atomic E-state index is 12.1. The minimum atomic E-state index is -0.988. The number of hydrogen-bond acceptors (Lipinski definition) is 5. The van der Waals surface area contributed by atoms with E-state index in [9.17, 15) is 20.0 Å². The molecule has 1 amide bonds. The van der Waals surface area contributed by atoms with Gasteiger partial charge in [-0.1, -0.05) is 13.3 Å². The summed E-state index contributed by atoms with van der Waals surface area (Å²) < 4.78 is 5.01. The topological polar surface area (TPSA) is 102 Å². The quantitative estimate of drug-likeness (QED) is 0.591. The number of carbonyl (C=O) groups excluding carboxylic acids is 1. The molecule has 21 heavy (non-hydrogen) atoms. The summed E-state index contributed by atoms with van der Waals surface area (Å²) in [5, 5.41) is 23.3. The Hall–Kier alpha value is -2.15. The first kappa shape index (κ1) is 16.9. The van der Waals surface area contributed by atoms with E-state index >= 15 is 0 Å². The molecule has 1 aromatic carbocycles. The summed E-state index contributed by atoms with van der Waals surface area (Å²) in [7, 11) is 1.34. The summed E-state index contributed by atoms with van der Waals surface area (Å²) in [6, 6.07) is 3.77. The molecule has 0 aliphatic heterocycles. The number of non-ortho nitro benzene ring substituents is 1. The molecule has 0 aliphatic carbocycles. The fourth-order valence-corrected chi connectivity index (χ4v) is 1.97. The lowest BCUT2D eigenvalue weighted by molar-refractivity contribution is -0.384. The van der Waals surface area contributed by atoms with Crippen molar-refractivity contribution in [1.29, 1.82) is 0 Å². The van der Waals surface area contributed by atoms with Crippen LogP contribution in [0, 0.1) is 10.1 Å². The SMILES string of the molecule is CCCC(C)(O)CNC(=O)c1ccc([N+](=O)[O-])cc1OC. The van der Waals surface area contributed by atoms with Gasteiger partial charge >= 0.3 is 0 Å². The molecule has 2 N–H and O–H groups in total. The Kier molecular flexibility index (Phi) is 5.66. The van der Waals surface area contributed by atoms with Gasteiger partial charge in [-0.25, -0.2) is 0 Å². The highest BCUT2D eigenvalue weighted by molar-refractivity contribution is 5.97. The van der Waals surface area contributed by atoms with E-state index in [4.69, 9.17) is 4.74 Å². The Bertz CT molecular complexity index is 528. The molecule has 0 bridgehead atoms. The van der Waals surface area contributed by atoms with Crippen molar-refractivity contribution in [1.82, 2.24) is 5.32 Å². The molecule has 0 aliphatic rings. The lowest BCUT2D eigenvalue weighted by Crippen LogP contribution is -2.40. The van der Waals surface area contributed by atoms with Crippen molar-refractivity contribution < 1.29 is 19.6 Å². The maximum atomic E-state index is 12.1. The summed E-state index contributed by atoms with van der Waals surface area (Å²) in [5.41, 5.74) is -0.949. The van der Waals surface area contributed by atoms with Crippen LogP contribution < -0.4 is 10.1 Å². The monoisotopic (exact) mass is 296 g/mol. The molecular weight excluding hydrogens is 276 g/mol. The summed E-state index contributed by atoms with van der Waals surface area (Å²) >= 11 is 0. The highest BCUT2D eigenvalue weighted by Crippen LogP contribution is 2.24. The van der Waals surface area contributed by atoms with Crippen LogP contribution in [0.1, 0.15) is 37.0 Å². The number of aliphatic hydroxyl groups is 1. The number of methoxy groups -OCH3 is 1. The third-order valence-corrected chi connectivity index (χ3v) is 3.06. The minimum absolute atomic E-state index is 0.0970. The lowest BCUT2D eigenvalue weighted by atomic mass is 10.0. The number of rotatable bonds is 7. The van der Waals surface area contributed by atoms with Gasteiger partial charge in [-0.05, 0) is 19.4 Å². The number of nitro groups is 1. The first-order chi connectivity index (χ1) is 9.80. The number of nitro benzene ring substituents is 1. The van der Waals surface area contributed by atoms with Crippen LogP contribution in [0.25, 0.3) is 0 Å². The van der Waals surface area contributed by atoms with Crippen molar-refractivity contribution in [3.8, 4) is 5.75 Å². The third kappa shape index (κ3) is 4.71. The van der Waals surface area contributed by atoms with E-state index in [1.54, 1.807) is 6.92 Å². The van der Waals surface area contributed by atoms with E-state index in [2.05, 4.69) is 5.32 Å². The first-order valence-electron chi connectivity index (χ1n) is 6.63. The van der Waals surface area contributed by atoms with Gasteiger partial charge in [0, 0.05) is 12.6 Å². The predicted octanol–water partition coefficient (Wildman–Crippen LogP) is 1.88. The minimum Gasteiger partial charge on any atom is -0.496 e. The van der Waals surface area contributed by atoms with E-state index in [0.717, 1.165) is 6.42 Å². The van der Waals surface area contributed by atoms with Gasteiger partial charge in [0.25, 0.3) is 11.6 Å². The lowest BCUT2D eigenvalue weighted by Gasteiger charge is -2.23. The second-order valence-corrected chi connectivity index (χ2v) is 5.07. The van der Waals surface area contributed by atoms with Crippen molar-refractivity contribution in [2.75, 3.05) is 13.7 Å². The molecule has 1 atom stereocenters. The largest absolute Gasteiger partial charge is 0.496 e. The zero-order valence-corrected chi connectivity index (χ0v) is 12.4. The van der Waals surface area contributed by atoms with Crippen LogP contribution in [0.4, 0.5) is 5.69 Å². The van der Waals surface area contributed by atoms with Crippen LogP contribution in [0.3, 0.4) is 0 Å². The molecule has 0 radical (unpaired) electrons. The zero-order valence-electron chi connectivity index (χ0n) is 12.4. The van der Waals surface area contributed by atoms with Crippen LogP contribution in [-0.2, 0) is 0 Å². The predicted molar refractivity (Wildman–Crippen MR) is 77.5 cm³/mol. The van der Waals surface area contributed by atoms with Crippen LogP contribution in [0.5, 0.6) is 5.75 Å². The smallest absolute Gasteiger partial charge is 0.273 e. The number of carbonyl (C=O) groups is 1. The molecule has 0 saturated carbocycles. The molecule has 0 aromatic heterocycles. The van der Waals surface area contributed by atoms with Gasteiger partial charge in [-0.2, -0.15) is 0 Å². The third-order valence-electron chi connectivity index (χ3n) is 3.06. The van der Waals surface area contributed by atoms with E-state index in [0.29, 0.717) is 6.42 Å². The van der Waals surface area contributed by atoms with E-state index < -0.39 is 16.4 Å². The number of nitrogens with zero attached hydrogens (tertiary/aromatic N) is 1. The summed E-state index contributed by atoms with van der Waals surface area (Å²) in [6.45, 7) is 3.68. The molecular formula is C14H20N2O5. The van der Waals surface area contributed by atoms with E-state index in [1.165, 1.54) is 25.3 Å². The standard InChI is InChI=1S/C14H20N2O5/c1-4-7-14(2,18)9-15-13(17)11-6-5-10(16(19)20)8-12(11)21-3/h5-6,8,18H,4,7,9H2,1-3H3,(H,15,17). The molecule has 1 rings (SSSR count). The summed E-state index contributed by atoms with van der Waals surface area (Å²) in [6.07, 6.45) is 1.36. The van der Waals surface area contributed by atoms with Crippen molar-refractivity contribution in [2.24, 2.45) is 0 Å². The van der Waals surface area contributed by atoms with Crippen LogP contribution in [0.15, 0.2) is 18.2 Å². The maximum Gasteiger partial charge on any atom is 0.273 e. The number of amides is 1. The molecule has 0 spiro atoms. The molecule has 7 nitrogen and oxygen atoms in total. The van der Waals surface area contributed by atoms with Gasteiger partial charge in [0.1, 0.15) is 5.75 Å². The zero-order chi connectivity index (χ0) is 16.0. The van der Waals surface area contributed by atoms with Crippen molar-refractivity contribution in [2.45, 2.75) is 32.3 Å². The Morgan fingerprint density at radius 3 is 2.71 bits per heavy atom. The van der Waals surface area contributed by atoms with Crippen LogP contribution in [0.2, 0.25) is 0 Å². The first-order valence-corrected chi connectivity index (χ1v) is 6.63. The van der Waals surface area contributed by atoms with Gasteiger partial charge in [-0.15, -0.1) is 0 Å². The van der Waals surface area contributed by atoms with Crippen LogP contribution in [-0.4, -0.2) is 35.2 Å². The average molecular weight is 296 g/mol. The van der Waals surface area contributed by atoms with Gasteiger partial charge in [0.15, 0.2) is 0 Å². The Morgan fingerprint density at radius 2 is 2.19 bits per heavy atom. The average Bonchev–Trinajstić information content (AvgIpc) is 2.44. The Labute approximate surface area is 123 Å². The molecule has 0 saturated heterocycles. The van der Waals surface area contributed by atoms with Crippen molar-refractivity contribution in [3.63, 3.8) is 0 Å². The summed E-state index contributed by atoms with van der Waals surface area (Å²) in [5.74, 6) is -0.324. The van der Waals surface area contributed by atoms with Gasteiger partial charge < -0.3 is 15.2 Å². The highest BCUT2D eigenvalue weighted by Gasteiger charge is 2.22. The van der Waals surface area contributed by atoms with Crippen molar-refractivity contribution >= 4 is 11.6 Å². The number of hydrogen-bond donors (Lipinski definition) is 2. The van der Waals surface area contributed by atoms with Crippen molar-refractivity contribution in [3.05, 3.63) is 33.9 Å². The molecule has 116 valence electrons. The van der Waals surface area contributed by atoms with Gasteiger partial charge in [0.2, 0.25) is 0 Å². The number of benzene rings is 1. The molecule has 1 aromatic rings. The summed E-state index contributed by atoms with van der Waals surface area (Å²) in [4.78, 5) is 22.2. The van der Waals surface area contributed by atoms with Gasteiger partial charge in [-0.3, -0.25) is 14.9 Å². The number of ether oxygens (including phenoxy) is 1. The second-order valence-electron chi connectivity index (χ2n) is 5.07. The normalized spacial score (nSPS) is 13.3. The Morgan fingerprint density at radius 1 is 1.52 bits per heavy atom. The molecule has 1 unspecified atom stereocenters. The van der Waals surface area contributed by atoms with E-state index in [1.807, 2.05) is 6.92 Å². The highest BCUT2D eigenvalue weighted by atomic mass is 16.6. The second kappa shape index (κ2) is 7.03. The molecule has 0 heterocycles. The van der Waals surface area contributed by atoms with Gasteiger partial charge in [0.05, 0.1) is 29.3 Å². The van der Waals surface area contributed by atoms with E-state index in [-0.39, 0.29) is 23.5 Å². The number of nitrogens with one attached hydrogen (secondary N) is 1. The fourth-order valence-electron chi connectivity index (χ4n) is 1.97. The Balaban J connectivity index is 2.85.